The number of carboxylic acids is 1. The van der Waals surface area contributed by atoms with Crippen LogP contribution in [0.15, 0.2) is 41.0 Å². The predicted molar refractivity (Wildman–Crippen MR) is 73.6 cm³/mol. The summed E-state index contributed by atoms with van der Waals surface area (Å²) in [5, 5.41) is 12.4. The monoisotopic (exact) mass is 259 g/mol. The van der Waals surface area contributed by atoms with Crippen molar-refractivity contribution in [2.75, 3.05) is 5.32 Å². The average molecular weight is 259 g/mol. The van der Waals surface area contributed by atoms with E-state index in [0.717, 1.165) is 23.4 Å². The van der Waals surface area contributed by atoms with Gasteiger partial charge in [0.2, 0.25) is 0 Å². The lowest BCUT2D eigenvalue weighted by atomic mass is 10.1. The van der Waals surface area contributed by atoms with Crippen LogP contribution >= 0.6 is 0 Å². The van der Waals surface area contributed by atoms with Crippen molar-refractivity contribution in [3.63, 3.8) is 0 Å². The smallest absolute Gasteiger partial charge is 0.336 e. The molecule has 2 N–H and O–H groups in total. The molecule has 0 amide bonds. The zero-order valence-corrected chi connectivity index (χ0v) is 11.0. The third kappa shape index (κ3) is 3.16. The van der Waals surface area contributed by atoms with Crippen molar-refractivity contribution in [2.45, 2.75) is 26.3 Å². The molecule has 4 nitrogen and oxygen atoms in total. The third-order valence-corrected chi connectivity index (χ3v) is 3.05. The summed E-state index contributed by atoms with van der Waals surface area (Å²) in [5.74, 6) is 0.00637. The second-order valence-electron chi connectivity index (χ2n) is 4.61. The van der Waals surface area contributed by atoms with Crippen molar-refractivity contribution in [1.29, 1.82) is 0 Å². The number of nitrogens with one attached hydrogen (secondary N) is 1. The second-order valence-corrected chi connectivity index (χ2v) is 4.61. The van der Waals surface area contributed by atoms with Gasteiger partial charge in [-0.15, -0.1) is 0 Å². The number of furan rings is 1. The molecule has 4 heteroatoms. The lowest BCUT2D eigenvalue weighted by Gasteiger charge is -2.17. The molecule has 2 rings (SSSR count). The molecule has 0 bridgehead atoms. The summed E-state index contributed by atoms with van der Waals surface area (Å²) in [5.41, 5.74) is 1.93. The van der Waals surface area contributed by atoms with Gasteiger partial charge in [0.15, 0.2) is 0 Å². The molecule has 1 aromatic carbocycles. The SMILES string of the molecule is Cc1c(NC(C)Cc2ccco2)cccc1C(=O)O. The van der Waals surface area contributed by atoms with Gasteiger partial charge >= 0.3 is 5.97 Å². The van der Waals surface area contributed by atoms with E-state index < -0.39 is 5.97 Å². The molecule has 100 valence electrons. The van der Waals surface area contributed by atoms with Crippen LogP contribution in [0.25, 0.3) is 0 Å². The minimum atomic E-state index is -0.903. The van der Waals surface area contributed by atoms with Crippen molar-refractivity contribution in [3.8, 4) is 0 Å². The van der Waals surface area contributed by atoms with E-state index in [1.165, 1.54) is 0 Å². The van der Waals surface area contributed by atoms with E-state index in [9.17, 15) is 4.79 Å². The van der Waals surface area contributed by atoms with Crippen LogP contribution in [0.5, 0.6) is 0 Å². The Bertz CT molecular complexity index is 561. The minimum absolute atomic E-state index is 0.161. The van der Waals surface area contributed by atoms with E-state index in [0.29, 0.717) is 5.56 Å². The van der Waals surface area contributed by atoms with Crippen LogP contribution in [-0.2, 0) is 6.42 Å². The maximum absolute atomic E-state index is 11.1. The standard InChI is InChI=1S/C15H17NO3/c1-10(9-12-5-4-8-19-12)16-14-7-3-6-13(11(14)2)15(17)18/h3-8,10,16H,9H2,1-2H3,(H,17,18). The normalized spacial score (nSPS) is 12.1. The van der Waals surface area contributed by atoms with Gasteiger partial charge in [-0.05, 0) is 43.7 Å². The van der Waals surface area contributed by atoms with Crippen LogP contribution in [0.2, 0.25) is 0 Å². The van der Waals surface area contributed by atoms with E-state index >= 15 is 0 Å². The van der Waals surface area contributed by atoms with E-state index in [4.69, 9.17) is 9.52 Å². The molecule has 0 saturated heterocycles. The number of hydrogen-bond donors (Lipinski definition) is 2. The first-order valence-electron chi connectivity index (χ1n) is 6.19. The quantitative estimate of drug-likeness (QED) is 0.864. The molecule has 0 radical (unpaired) electrons. The zero-order valence-electron chi connectivity index (χ0n) is 11.0. The Labute approximate surface area is 112 Å². The maximum Gasteiger partial charge on any atom is 0.336 e. The highest BCUT2D eigenvalue weighted by Gasteiger charge is 2.12. The van der Waals surface area contributed by atoms with E-state index in [1.54, 1.807) is 18.4 Å². The largest absolute Gasteiger partial charge is 0.478 e. The van der Waals surface area contributed by atoms with Crippen LogP contribution in [0, 0.1) is 6.92 Å². The maximum atomic E-state index is 11.1. The van der Waals surface area contributed by atoms with Crippen molar-refractivity contribution in [3.05, 3.63) is 53.5 Å². The molecule has 0 aliphatic carbocycles. The van der Waals surface area contributed by atoms with Gasteiger partial charge in [0.05, 0.1) is 11.8 Å². The number of rotatable bonds is 5. The van der Waals surface area contributed by atoms with Crippen LogP contribution < -0.4 is 5.32 Å². The van der Waals surface area contributed by atoms with E-state index in [1.807, 2.05) is 32.0 Å². The topological polar surface area (TPSA) is 62.5 Å². The minimum Gasteiger partial charge on any atom is -0.478 e. The molecular formula is C15H17NO3. The highest BCUT2D eigenvalue weighted by Crippen LogP contribution is 2.20. The fourth-order valence-corrected chi connectivity index (χ4v) is 2.07. The summed E-state index contributed by atoms with van der Waals surface area (Å²) in [4.78, 5) is 11.1. The number of aromatic carboxylic acids is 1. The first kappa shape index (κ1) is 13.2. The summed E-state index contributed by atoms with van der Waals surface area (Å²) < 4.78 is 5.30. The summed E-state index contributed by atoms with van der Waals surface area (Å²) >= 11 is 0. The van der Waals surface area contributed by atoms with Gasteiger partial charge < -0.3 is 14.8 Å². The highest BCUT2D eigenvalue weighted by molar-refractivity contribution is 5.91. The molecular weight excluding hydrogens is 242 g/mol. The van der Waals surface area contributed by atoms with Crippen molar-refractivity contribution >= 4 is 11.7 Å². The summed E-state index contributed by atoms with van der Waals surface area (Å²) in [6.07, 6.45) is 2.40. The van der Waals surface area contributed by atoms with Crippen LogP contribution in [-0.4, -0.2) is 17.1 Å². The predicted octanol–water partition coefficient (Wildman–Crippen LogP) is 3.33. The molecule has 1 atom stereocenters. The first-order valence-corrected chi connectivity index (χ1v) is 6.19. The van der Waals surface area contributed by atoms with Gasteiger partial charge in [0.1, 0.15) is 5.76 Å². The van der Waals surface area contributed by atoms with Gasteiger partial charge in [0, 0.05) is 18.2 Å². The van der Waals surface area contributed by atoms with Crippen LogP contribution in [0.4, 0.5) is 5.69 Å². The molecule has 1 heterocycles. The van der Waals surface area contributed by atoms with Crippen LogP contribution in [0.3, 0.4) is 0 Å². The number of carbonyl (C=O) groups is 1. The molecule has 0 aliphatic rings. The Morgan fingerprint density at radius 1 is 1.37 bits per heavy atom. The third-order valence-electron chi connectivity index (χ3n) is 3.05. The lowest BCUT2D eigenvalue weighted by Crippen LogP contribution is -2.19. The van der Waals surface area contributed by atoms with Gasteiger partial charge in [-0.3, -0.25) is 0 Å². The van der Waals surface area contributed by atoms with E-state index in [-0.39, 0.29) is 6.04 Å². The van der Waals surface area contributed by atoms with Crippen molar-refractivity contribution in [1.82, 2.24) is 0 Å². The van der Waals surface area contributed by atoms with E-state index in [2.05, 4.69) is 5.32 Å². The molecule has 2 aromatic rings. The molecule has 0 fully saturated rings. The number of hydrogen-bond acceptors (Lipinski definition) is 3. The Morgan fingerprint density at radius 3 is 2.79 bits per heavy atom. The first-order chi connectivity index (χ1) is 9.08. The Morgan fingerprint density at radius 2 is 2.16 bits per heavy atom. The zero-order chi connectivity index (χ0) is 13.8. The summed E-state index contributed by atoms with van der Waals surface area (Å²) in [7, 11) is 0. The number of anilines is 1. The molecule has 0 aliphatic heterocycles. The highest BCUT2D eigenvalue weighted by atomic mass is 16.4. The fourth-order valence-electron chi connectivity index (χ4n) is 2.07. The average Bonchev–Trinajstić information content (AvgIpc) is 2.84. The summed E-state index contributed by atoms with van der Waals surface area (Å²) in [6.45, 7) is 3.85. The fraction of sp³-hybridized carbons (Fsp3) is 0.267. The molecule has 0 saturated carbocycles. The second kappa shape index (κ2) is 5.61. The molecule has 1 aromatic heterocycles. The van der Waals surface area contributed by atoms with Gasteiger partial charge in [-0.2, -0.15) is 0 Å². The van der Waals surface area contributed by atoms with Crippen LogP contribution in [0.1, 0.15) is 28.6 Å². The van der Waals surface area contributed by atoms with Gasteiger partial charge in [0.25, 0.3) is 0 Å². The molecule has 19 heavy (non-hydrogen) atoms. The molecule has 1 unspecified atom stereocenters. The number of carboxylic acid groups (broad SMARTS) is 1. The number of benzene rings is 1. The van der Waals surface area contributed by atoms with Gasteiger partial charge in [-0.1, -0.05) is 6.07 Å². The summed E-state index contributed by atoms with van der Waals surface area (Å²) in [6, 6.07) is 9.20. The van der Waals surface area contributed by atoms with Gasteiger partial charge in [-0.25, -0.2) is 4.79 Å². The van der Waals surface area contributed by atoms with Crippen molar-refractivity contribution < 1.29 is 14.3 Å². The molecule has 0 spiro atoms. The Kier molecular flexibility index (Phi) is 3.90. The lowest BCUT2D eigenvalue weighted by molar-refractivity contribution is 0.0696. The Hall–Kier alpha value is -2.23. The van der Waals surface area contributed by atoms with Crippen molar-refractivity contribution in [2.24, 2.45) is 0 Å². The Balaban J connectivity index is 2.10.